The molecule has 184 valence electrons. The standard InChI is InChI=1S/C24H33N5O5/c1-14-12-34-11-10-27(14)18(30)9-8-17-15(2)26-29-21(17)28(13-24(3,4)5)22(32)19(23(29)33)20(31)25-16-6-7-16/h8-9,14,16H,6-7,10-13H2,1-5H3,(H2,25,31,32,33)/p+1/b9-8+/t14-/m0/s1. The summed E-state index contributed by atoms with van der Waals surface area (Å²) in [6.45, 7) is 11.6. The molecular weight excluding hydrogens is 438 g/mol. The number of aryl methyl sites for hydroxylation is 1. The van der Waals surface area contributed by atoms with Gasteiger partial charge in [0.05, 0.1) is 37.1 Å². The van der Waals surface area contributed by atoms with Gasteiger partial charge in [0.1, 0.15) is 0 Å². The molecular formula is C24H34N5O5+. The van der Waals surface area contributed by atoms with Gasteiger partial charge in [-0.05, 0) is 38.2 Å². The van der Waals surface area contributed by atoms with Crippen molar-refractivity contribution in [3.05, 3.63) is 33.3 Å². The largest absolute Gasteiger partial charge is 0.477 e. The smallest absolute Gasteiger partial charge is 0.378 e. The number of carbonyl (C=O) groups excluding carboxylic acids is 2. The Kier molecular flexibility index (Phi) is 6.28. The molecule has 10 heteroatoms. The van der Waals surface area contributed by atoms with E-state index >= 15 is 0 Å². The van der Waals surface area contributed by atoms with E-state index in [2.05, 4.69) is 10.4 Å². The fourth-order valence-electron chi connectivity index (χ4n) is 4.24. The van der Waals surface area contributed by atoms with E-state index in [4.69, 9.17) is 4.74 Å². The number of hydrogen-bond acceptors (Lipinski definition) is 5. The molecule has 1 saturated carbocycles. The Bertz CT molecular complexity index is 1220. The number of nitrogens with one attached hydrogen (secondary N) is 2. The van der Waals surface area contributed by atoms with E-state index in [1.165, 1.54) is 10.6 Å². The monoisotopic (exact) mass is 472 g/mol. The van der Waals surface area contributed by atoms with E-state index < -0.39 is 11.5 Å². The van der Waals surface area contributed by atoms with Crippen LogP contribution in [0.5, 0.6) is 5.88 Å². The lowest BCUT2D eigenvalue weighted by atomic mass is 9.96. The van der Waals surface area contributed by atoms with E-state index in [1.807, 2.05) is 27.7 Å². The lowest BCUT2D eigenvalue weighted by molar-refractivity contribution is -0.692. The van der Waals surface area contributed by atoms with Crippen LogP contribution in [-0.4, -0.2) is 63.3 Å². The Labute approximate surface area is 198 Å². The number of ether oxygens (including phenoxy) is 1. The Balaban J connectivity index is 1.83. The van der Waals surface area contributed by atoms with Crippen molar-refractivity contribution < 1.29 is 24.0 Å². The molecule has 3 heterocycles. The van der Waals surface area contributed by atoms with Crippen LogP contribution in [0.4, 0.5) is 0 Å². The fourth-order valence-corrected chi connectivity index (χ4v) is 4.24. The van der Waals surface area contributed by atoms with Crippen molar-refractivity contribution in [1.82, 2.24) is 19.8 Å². The van der Waals surface area contributed by atoms with Crippen molar-refractivity contribution in [3.63, 3.8) is 0 Å². The highest BCUT2D eigenvalue weighted by molar-refractivity contribution is 5.96. The van der Waals surface area contributed by atoms with Crippen molar-refractivity contribution in [1.29, 1.82) is 0 Å². The molecule has 2 aliphatic rings. The van der Waals surface area contributed by atoms with Crippen molar-refractivity contribution in [3.8, 4) is 5.88 Å². The van der Waals surface area contributed by atoms with Gasteiger partial charge in [-0.1, -0.05) is 25.3 Å². The fraction of sp³-hybridized carbons (Fsp3) is 0.583. The van der Waals surface area contributed by atoms with Gasteiger partial charge in [-0.3, -0.25) is 9.59 Å². The molecule has 0 bridgehead atoms. The third-order valence-electron chi connectivity index (χ3n) is 6.10. The van der Waals surface area contributed by atoms with Crippen molar-refractivity contribution >= 4 is 23.5 Å². The highest BCUT2D eigenvalue weighted by Crippen LogP contribution is 2.23. The van der Waals surface area contributed by atoms with Crippen LogP contribution in [0.3, 0.4) is 0 Å². The number of aromatic amines is 1. The van der Waals surface area contributed by atoms with Crippen molar-refractivity contribution in [2.24, 2.45) is 5.41 Å². The lowest BCUT2D eigenvalue weighted by Crippen LogP contribution is -2.47. The zero-order valence-electron chi connectivity index (χ0n) is 20.5. The summed E-state index contributed by atoms with van der Waals surface area (Å²) in [5, 5.41) is 17.0. The Hall–Kier alpha value is -3.14. The molecule has 34 heavy (non-hydrogen) atoms. The molecule has 1 saturated heterocycles. The first kappa shape index (κ1) is 24.0. The van der Waals surface area contributed by atoms with Gasteiger partial charge in [0, 0.05) is 18.7 Å². The third kappa shape index (κ3) is 4.72. The highest BCUT2D eigenvalue weighted by Gasteiger charge is 2.36. The Morgan fingerprint density at radius 1 is 1.32 bits per heavy atom. The van der Waals surface area contributed by atoms with Crippen LogP contribution in [0.1, 0.15) is 62.2 Å². The van der Waals surface area contributed by atoms with Crippen LogP contribution in [-0.2, 0) is 16.1 Å². The minimum atomic E-state index is -0.633. The zero-order chi connectivity index (χ0) is 24.8. The van der Waals surface area contributed by atoms with Crippen LogP contribution >= 0.6 is 0 Å². The molecule has 10 nitrogen and oxygen atoms in total. The second-order valence-corrected chi connectivity index (χ2v) is 10.5. The Morgan fingerprint density at radius 2 is 2.03 bits per heavy atom. The molecule has 2 fully saturated rings. The number of aromatic hydroxyl groups is 1. The van der Waals surface area contributed by atoms with Gasteiger partial charge in [-0.15, -0.1) is 0 Å². The summed E-state index contributed by atoms with van der Waals surface area (Å²) in [6.07, 6.45) is 4.87. The number of carbonyl (C=O) groups is 2. The number of rotatable bonds is 5. The molecule has 0 radical (unpaired) electrons. The second kappa shape index (κ2) is 8.90. The first-order valence-corrected chi connectivity index (χ1v) is 11.8. The van der Waals surface area contributed by atoms with Gasteiger partial charge >= 0.3 is 17.1 Å². The van der Waals surface area contributed by atoms with E-state index in [0.717, 1.165) is 12.8 Å². The van der Waals surface area contributed by atoms with Gasteiger partial charge in [0.15, 0.2) is 0 Å². The van der Waals surface area contributed by atoms with Crippen molar-refractivity contribution in [2.45, 2.75) is 66.1 Å². The maximum Gasteiger partial charge on any atom is 0.378 e. The average Bonchev–Trinajstić information content (AvgIpc) is 3.49. The molecule has 3 N–H and O–H groups in total. The van der Waals surface area contributed by atoms with Gasteiger partial charge in [-0.2, -0.15) is 4.57 Å². The minimum Gasteiger partial charge on any atom is -0.477 e. The first-order valence-electron chi connectivity index (χ1n) is 11.8. The molecule has 0 aromatic carbocycles. The average molecular weight is 473 g/mol. The summed E-state index contributed by atoms with van der Waals surface area (Å²) < 4.78 is 8.27. The number of morpholine rings is 1. The quantitative estimate of drug-likeness (QED) is 0.445. The number of aromatic nitrogens is 3. The predicted octanol–water partition coefficient (Wildman–Crippen LogP) is 1.13. The number of amides is 2. The number of fused-ring (bicyclic) bond motifs is 1. The number of nitrogens with zero attached hydrogens (tertiary/aromatic N) is 3. The molecule has 2 aromatic heterocycles. The zero-order valence-corrected chi connectivity index (χ0v) is 20.5. The molecule has 0 spiro atoms. The summed E-state index contributed by atoms with van der Waals surface area (Å²) >= 11 is 0. The molecule has 1 aliphatic carbocycles. The number of hydrogen-bond donors (Lipinski definition) is 3. The maximum atomic E-state index is 13.3. The van der Waals surface area contributed by atoms with Gasteiger partial charge in [0.25, 0.3) is 5.91 Å². The summed E-state index contributed by atoms with van der Waals surface area (Å²) in [6, 6.07) is 0.0144. The topological polar surface area (TPSA) is 120 Å². The van der Waals surface area contributed by atoms with Crippen LogP contribution in [0.15, 0.2) is 10.9 Å². The minimum absolute atomic E-state index is 0.0278. The predicted molar refractivity (Wildman–Crippen MR) is 126 cm³/mol. The number of H-pyrrole nitrogens is 1. The summed E-state index contributed by atoms with van der Waals surface area (Å²) in [5.74, 6) is -1.10. The summed E-state index contributed by atoms with van der Waals surface area (Å²) in [5.41, 5.74) is 0.445. The molecule has 2 amide bonds. The van der Waals surface area contributed by atoms with E-state index in [-0.39, 0.29) is 34.8 Å². The van der Waals surface area contributed by atoms with Crippen molar-refractivity contribution in [2.75, 3.05) is 19.8 Å². The van der Waals surface area contributed by atoms with Crippen LogP contribution in [0.25, 0.3) is 11.7 Å². The molecule has 1 aliphatic heterocycles. The molecule has 0 unspecified atom stereocenters. The van der Waals surface area contributed by atoms with Crippen LogP contribution in [0, 0.1) is 12.3 Å². The normalized spacial score (nSPS) is 19.2. The molecule has 2 aromatic rings. The van der Waals surface area contributed by atoms with E-state index in [1.54, 1.807) is 22.5 Å². The van der Waals surface area contributed by atoms with E-state index in [0.29, 0.717) is 43.2 Å². The highest BCUT2D eigenvalue weighted by atomic mass is 16.5. The molecule has 4 rings (SSSR count). The summed E-state index contributed by atoms with van der Waals surface area (Å²) in [7, 11) is 0. The van der Waals surface area contributed by atoms with Gasteiger partial charge in [-0.25, -0.2) is 9.89 Å². The Morgan fingerprint density at radius 3 is 2.65 bits per heavy atom. The maximum absolute atomic E-state index is 13.3. The summed E-state index contributed by atoms with van der Waals surface area (Å²) in [4.78, 5) is 40.7. The molecule has 1 atom stereocenters. The first-order chi connectivity index (χ1) is 16.0. The van der Waals surface area contributed by atoms with Crippen LogP contribution in [0.2, 0.25) is 0 Å². The van der Waals surface area contributed by atoms with Gasteiger partial charge < -0.3 is 20.1 Å². The lowest BCUT2D eigenvalue weighted by Gasteiger charge is -2.32. The van der Waals surface area contributed by atoms with Crippen LogP contribution < -0.4 is 15.4 Å². The third-order valence-corrected chi connectivity index (χ3v) is 6.10. The second-order valence-electron chi connectivity index (χ2n) is 10.5. The van der Waals surface area contributed by atoms with Gasteiger partial charge in [0.2, 0.25) is 11.5 Å². The van der Waals surface area contributed by atoms with E-state index in [9.17, 15) is 19.5 Å². The SMILES string of the molecule is Cc1[nH]n2c(=O)c(C(=O)NC3CC3)c(O)[n+](CC(C)(C)C)c2c1/C=C/C(=O)N1CCOC[C@@H]1C.